The predicted octanol–water partition coefficient (Wildman–Crippen LogP) is 2.79. The van der Waals surface area contributed by atoms with Gasteiger partial charge in [-0.1, -0.05) is 48.5 Å². The molecule has 1 aliphatic heterocycles. The minimum atomic E-state index is -0.765. The molecule has 146 valence electrons. The molecule has 0 saturated carbocycles. The van der Waals surface area contributed by atoms with Gasteiger partial charge in [-0.25, -0.2) is 4.79 Å². The van der Waals surface area contributed by atoms with Gasteiger partial charge in [0, 0.05) is 19.0 Å². The molecule has 1 heterocycles. The Morgan fingerprint density at radius 3 is 2.25 bits per heavy atom. The van der Waals surface area contributed by atoms with E-state index >= 15 is 0 Å². The van der Waals surface area contributed by atoms with Crippen LogP contribution in [0.4, 0.5) is 4.79 Å². The van der Waals surface area contributed by atoms with Crippen LogP contribution in [-0.2, 0) is 14.3 Å². The molecule has 6 nitrogen and oxygen atoms in total. The van der Waals surface area contributed by atoms with E-state index < -0.39 is 24.1 Å². The molecular formula is C22H23NO5. The van der Waals surface area contributed by atoms with Gasteiger partial charge in [0.1, 0.15) is 6.61 Å². The van der Waals surface area contributed by atoms with E-state index in [1.807, 2.05) is 24.3 Å². The van der Waals surface area contributed by atoms with Crippen molar-refractivity contribution in [2.75, 3.05) is 26.8 Å². The number of aliphatic hydroxyl groups excluding tert-OH is 1. The third-order valence-electron chi connectivity index (χ3n) is 5.56. The Balaban J connectivity index is 1.47. The number of carbonyl (C=O) groups excluding carboxylic acids is 2. The SMILES string of the molecule is COC(=O)C1CC(O)CN(C(=O)OCC2c3ccccc3-c3ccccc32)C1. The highest BCUT2D eigenvalue weighted by atomic mass is 16.6. The molecule has 0 aromatic heterocycles. The summed E-state index contributed by atoms with van der Waals surface area (Å²) < 4.78 is 10.4. The van der Waals surface area contributed by atoms with Crippen LogP contribution in [0.15, 0.2) is 48.5 Å². The molecule has 6 heteroatoms. The molecule has 0 radical (unpaired) electrons. The van der Waals surface area contributed by atoms with Crippen molar-refractivity contribution in [3.05, 3.63) is 59.7 Å². The average molecular weight is 381 g/mol. The second-order valence-corrected chi connectivity index (χ2v) is 7.32. The zero-order chi connectivity index (χ0) is 19.7. The summed E-state index contributed by atoms with van der Waals surface area (Å²) in [7, 11) is 1.31. The molecule has 2 aromatic carbocycles. The second kappa shape index (κ2) is 7.64. The van der Waals surface area contributed by atoms with Crippen LogP contribution in [-0.4, -0.2) is 55.0 Å². The highest BCUT2D eigenvalue weighted by Crippen LogP contribution is 2.44. The fraction of sp³-hybridized carbons (Fsp3) is 0.364. The standard InChI is InChI=1S/C22H23NO5/c1-27-21(25)14-10-15(24)12-23(11-14)22(26)28-13-20-18-8-4-2-6-16(18)17-7-3-5-9-19(17)20/h2-9,14-15,20,24H,10-13H2,1H3. The maximum absolute atomic E-state index is 12.6. The Morgan fingerprint density at radius 1 is 1.04 bits per heavy atom. The molecule has 1 saturated heterocycles. The van der Waals surface area contributed by atoms with E-state index in [2.05, 4.69) is 24.3 Å². The van der Waals surface area contributed by atoms with E-state index in [1.54, 1.807) is 0 Å². The van der Waals surface area contributed by atoms with Crippen LogP contribution in [0.5, 0.6) is 0 Å². The lowest BCUT2D eigenvalue weighted by molar-refractivity contribution is -0.148. The third kappa shape index (κ3) is 3.36. The van der Waals surface area contributed by atoms with Crippen LogP contribution in [0.3, 0.4) is 0 Å². The number of β-amino-alcohol motifs (C(OH)–C–C–N with tert-alkyl or cyclic N) is 1. The number of benzene rings is 2. The topological polar surface area (TPSA) is 76.1 Å². The van der Waals surface area contributed by atoms with E-state index in [4.69, 9.17) is 9.47 Å². The van der Waals surface area contributed by atoms with Crippen molar-refractivity contribution in [3.8, 4) is 11.1 Å². The van der Waals surface area contributed by atoms with Crippen LogP contribution in [0, 0.1) is 5.92 Å². The number of ether oxygens (including phenoxy) is 2. The summed E-state index contributed by atoms with van der Waals surface area (Å²) in [6.07, 6.45) is -0.993. The summed E-state index contributed by atoms with van der Waals surface area (Å²) in [5.41, 5.74) is 4.61. The van der Waals surface area contributed by atoms with Gasteiger partial charge in [0.05, 0.1) is 19.1 Å². The number of hydrogen-bond donors (Lipinski definition) is 1. The maximum atomic E-state index is 12.6. The van der Waals surface area contributed by atoms with Gasteiger partial charge in [-0.3, -0.25) is 4.79 Å². The molecule has 1 aliphatic carbocycles. The number of esters is 1. The molecule has 2 atom stereocenters. The van der Waals surface area contributed by atoms with Crippen molar-refractivity contribution in [2.24, 2.45) is 5.92 Å². The summed E-state index contributed by atoms with van der Waals surface area (Å²) in [4.78, 5) is 25.8. The second-order valence-electron chi connectivity index (χ2n) is 7.32. The first-order valence-corrected chi connectivity index (χ1v) is 9.44. The van der Waals surface area contributed by atoms with Gasteiger partial charge < -0.3 is 19.5 Å². The number of rotatable bonds is 3. The van der Waals surface area contributed by atoms with Gasteiger partial charge in [0.25, 0.3) is 0 Å². The van der Waals surface area contributed by atoms with Crippen molar-refractivity contribution in [2.45, 2.75) is 18.4 Å². The molecule has 1 fully saturated rings. The fourth-order valence-corrected chi connectivity index (χ4v) is 4.24. The summed E-state index contributed by atoms with van der Waals surface area (Å²) in [6, 6.07) is 16.3. The van der Waals surface area contributed by atoms with Gasteiger partial charge >= 0.3 is 12.1 Å². The fourth-order valence-electron chi connectivity index (χ4n) is 4.24. The smallest absolute Gasteiger partial charge is 0.409 e. The highest BCUT2D eigenvalue weighted by Gasteiger charge is 2.35. The van der Waals surface area contributed by atoms with Crippen molar-refractivity contribution < 1.29 is 24.2 Å². The lowest BCUT2D eigenvalue weighted by Gasteiger charge is -2.33. The Kier molecular flexibility index (Phi) is 5.05. The van der Waals surface area contributed by atoms with Crippen LogP contribution >= 0.6 is 0 Å². The summed E-state index contributed by atoms with van der Waals surface area (Å²) in [5, 5.41) is 10.0. The Bertz CT molecular complexity index is 851. The lowest BCUT2D eigenvalue weighted by atomic mass is 9.96. The predicted molar refractivity (Wildman–Crippen MR) is 103 cm³/mol. The van der Waals surface area contributed by atoms with Crippen molar-refractivity contribution in [1.29, 1.82) is 0 Å². The summed E-state index contributed by atoms with van der Waals surface area (Å²) in [6.45, 7) is 0.562. The zero-order valence-corrected chi connectivity index (χ0v) is 15.7. The number of nitrogens with zero attached hydrogens (tertiary/aromatic N) is 1. The minimum absolute atomic E-state index is 0.0255. The number of likely N-dealkylation sites (tertiary alicyclic amines) is 1. The third-order valence-corrected chi connectivity index (χ3v) is 5.56. The number of amides is 1. The first kappa shape index (κ1) is 18.5. The van der Waals surface area contributed by atoms with E-state index in [9.17, 15) is 14.7 Å². The number of methoxy groups -OCH3 is 1. The zero-order valence-electron chi connectivity index (χ0n) is 15.7. The van der Waals surface area contributed by atoms with Gasteiger partial charge in [-0.05, 0) is 28.7 Å². The number of hydrogen-bond acceptors (Lipinski definition) is 5. The minimum Gasteiger partial charge on any atom is -0.469 e. The number of carbonyl (C=O) groups is 2. The monoisotopic (exact) mass is 381 g/mol. The van der Waals surface area contributed by atoms with Crippen molar-refractivity contribution in [3.63, 3.8) is 0 Å². The average Bonchev–Trinajstić information content (AvgIpc) is 3.05. The van der Waals surface area contributed by atoms with Crippen molar-refractivity contribution in [1.82, 2.24) is 4.90 Å². The number of fused-ring (bicyclic) bond motifs is 3. The van der Waals surface area contributed by atoms with Crippen molar-refractivity contribution >= 4 is 12.1 Å². The van der Waals surface area contributed by atoms with E-state index in [0.717, 1.165) is 11.1 Å². The van der Waals surface area contributed by atoms with Crippen LogP contribution in [0.1, 0.15) is 23.5 Å². The molecule has 2 aromatic rings. The Labute approximate surface area is 163 Å². The van der Waals surface area contributed by atoms with E-state index in [1.165, 1.54) is 23.1 Å². The summed E-state index contributed by atoms with van der Waals surface area (Å²) >= 11 is 0. The molecular weight excluding hydrogens is 358 g/mol. The van der Waals surface area contributed by atoms with Crippen LogP contribution in [0.25, 0.3) is 11.1 Å². The van der Waals surface area contributed by atoms with Gasteiger partial charge in [0.2, 0.25) is 0 Å². The first-order chi connectivity index (χ1) is 13.6. The molecule has 28 heavy (non-hydrogen) atoms. The lowest BCUT2D eigenvalue weighted by Crippen LogP contribution is -2.48. The Morgan fingerprint density at radius 2 is 1.64 bits per heavy atom. The quantitative estimate of drug-likeness (QED) is 0.828. The van der Waals surface area contributed by atoms with E-state index in [-0.39, 0.29) is 25.6 Å². The van der Waals surface area contributed by atoms with E-state index in [0.29, 0.717) is 6.42 Å². The maximum Gasteiger partial charge on any atom is 0.409 e. The molecule has 2 aliphatic rings. The van der Waals surface area contributed by atoms with Crippen LogP contribution < -0.4 is 0 Å². The van der Waals surface area contributed by atoms with Crippen LogP contribution in [0.2, 0.25) is 0 Å². The molecule has 0 spiro atoms. The number of aliphatic hydroxyl groups is 1. The molecule has 1 amide bonds. The molecule has 1 N–H and O–H groups in total. The number of piperidine rings is 1. The highest BCUT2D eigenvalue weighted by molar-refractivity contribution is 5.79. The molecule has 4 rings (SSSR count). The molecule has 2 unspecified atom stereocenters. The summed E-state index contributed by atoms with van der Waals surface area (Å²) in [5.74, 6) is -0.980. The normalized spacial score (nSPS) is 21.0. The molecule has 0 bridgehead atoms. The first-order valence-electron chi connectivity index (χ1n) is 9.44. The van der Waals surface area contributed by atoms with Gasteiger partial charge in [-0.15, -0.1) is 0 Å². The largest absolute Gasteiger partial charge is 0.469 e. The Hall–Kier alpha value is -2.86. The van der Waals surface area contributed by atoms with Gasteiger partial charge in [-0.2, -0.15) is 0 Å². The van der Waals surface area contributed by atoms with Gasteiger partial charge in [0.15, 0.2) is 0 Å².